The highest BCUT2D eigenvalue weighted by Crippen LogP contribution is 2.31. The van der Waals surface area contributed by atoms with E-state index in [0.717, 1.165) is 30.2 Å². The van der Waals surface area contributed by atoms with Gasteiger partial charge in [-0.1, -0.05) is 0 Å². The SMILES string of the molecule is C[C@@H]1CN(CCNC(=O)c2ccc3c(c2)NC(=O)CS3)C[C@@H](C)O1. The van der Waals surface area contributed by atoms with Crippen molar-refractivity contribution in [2.45, 2.75) is 31.0 Å². The summed E-state index contributed by atoms with van der Waals surface area (Å²) in [5.74, 6) is 0.284. The van der Waals surface area contributed by atoms with Crippen molar-refractivity contribution in [3.05, 3.63) is 23.8 Å². The van der Waals surface area contributed by atoms with E-state index in [1.165, 1.54) is 11.8 Å². The van der Waals surface area contributed by atoms with Gasteiger partial charge in [0.25, 0.3) is 5.91 Å². The molecular formula is C17H23N3O3S. The van der Waals surface area contributed by atoms with E-state index in [4.69, 9.17) is 4.74 Å². The fraction of sp³-hybridized carbons (Fsp3) is 0.529. The Balaban J connectivity index is 1.52. The van der Waals surface area contributed by atoms with Crippen LogP contribution < -0.4 is 10.6 Å². The van der Waals surface area contributed by atoms with Crippen molar-refractivity contribution in [1.82, 2.24) is 10.2 Å². The van der Waals surface area contributed by atoms with Crippen LogP contribution in [0.4, 0.5) is 5.69 Å². The van der Waals surface area contributed by atoms with Gasteiger partial charge in [-0.3, -0.25) is 14.5 Å². The van der Waals surface area contributed by atoms with Crippen molar-refractivity contribution in [2.24, 2.45) is 0 Å². The number of fused-ring (bicyclic) bond motifs is 1. The minimum atomic E-state index is -0.114. The Morgan fingerprint density at radius 3 is 2.88 bits per heavy atom. The molecule has 1 aromatic rings. The van der Waals surface area contributed by atoms with Gasteiger partial charge in [0, 0.05) is 36.6 Å². The first-order valence-corrected chi connectivity index (χ1v) is 9.22. The van der Waals surface area contributed by atoms with E-state index in [9.17, 15) is 9.59 Å². The van der Waals surface area contributed by atoms with Crippen molar-refractivity contribution >= 4 is 29.3 Å². The Kier molecular flexibility index (Phi) is 5.43. The van der Waals surface area contributed by atoms with Crippen LogP contribution >= 0.6 is 11.8 Å². The molecule has 6 nitrogen and oxygen atoms in total. The molecule has 1 fully saturated rings. The number of hydrogen-bond acceptors (Lipinski definition) is 5. The molecule has 0 aliphatic carbocycles. The molecule has 7 heteroatoms. The number of hydrogen-bond donors (Lipinski definition) is 2. The molecule has 0 unspecified atom stereocenters. The second-order valence-electron chi connectivity index (χ2n) is 6.32. The summed E-state index contributed by atoms with van der Waals surface area (Å²) in [5, 5.41) is 5.76. The molecule has 3 rings (SSSR count). The number of thioether (sulfide) groups is 1. The monoisotopic (exact) mass is 349 g/mol. The second-order valence-corrected chi connectivity index (χ2v) is 7.34. The number of carbonyl (C=O) groups is 2. The summed E-state index contributed by atoms with van der Waals surface area (Å²) in [6.45, 7) is 7.32. The van der Waals surface area contributed by atoms with Crippen LogP contribution in [0.5, 0.6) is 0 Å². The number of amides is 2. The first-order chi connectivity index (χ1) is 11.5. The van der Waals surface area contributed by atoms with Crippen LogP contribution in [0.2, 0.25) is 0 Å². The van der Waals surface area contributed by atoms with Crippen molar-refractivity contribution in [3.8, 4) is 0 Å². The maximum absolute atomic E-state index is 12.3. The van der Waals surface area contributed by atoms with Gasteiger partial charge in [0.1, 0.15) is 0 Å². The molecule has 0 bridgehead atoms. The van der Waals surface area contributed by atoms with Crippen molar-refractivity contribution < 1.29 is 14.3 Å². The zero-order chi connectivity index (χ0) is 17.1. The molecule has 2 amide bonds. The smallest absolute Gasteiger partial charge is 0.251 e. The van der Waals surface area contributed by atoms with Crippen LogP contribution in [-0.4, -0.2) is 60.9 Å². The lowest BCUT2D eigenvalue weighted by molar-refractivity contribution is -0.113. The fourth-order valence-corrected chi connectivity index (χ4v) is 3.91. The molecule has 0 radical (unpaired) electrons. The van der Waals surface area contributed by atoms with E-state index in [-0.39, 0.29) is 24.0 Å². The molecule has 130 valence electrons. The van der Waals surface area contributed by atoms with Crippen LogP contribution in [-0.2, 0) is 9.53 Å². The van der Waals surface area contributed by atoms with Gasteiger partial charge >= 0.3 is 0 Å². The molecule has 2 atom stereocenters. The summed E-state index contributed by atoms with van der Waals surface area (Å²) in [6.07, 6.45) is 0.456. The molecule has 2 N–H and O–H groups in total. The van der Waals surface area contributed by atoms with Crippen LogP contribution in [0.15, 0.2) is 23.1 Å². The summed E-state index contributed by atoms with van der Waals surface area (Å²) in [7, 11) is 0. The molecule has 0 spiro atoms. The molecular weight excluding hydrogens is 326 g/mol. The summed E-state index contributed by atoms with van der Waals surface area (Å²) >= 11 is 1.49. The van der Waals surface area contributed by atoms with E-state index >= 15 is 0 Å². The highest BCUT2D eigenvalue weighted by molar-refractivity contribution is 8.00. The van der Waals surface area contributed by atoms with Gasteiger partial charge in [-0.25, -0.2) is 0 Å². The molecule has 0 aromatic heterocycles. The van der Waals surface area contributed by atoms with Gasteiger partial charge < -0.3 is 15.4 Å². The van der Waals surface area contributed by atoms with E-state index < -0.39 is 0 Å². The summed E-state index contributed by atoms with van der Waals surface area (Å²) < 4.78 is 5.71. The van der Waals surface area contributed by atoms with E-state index in [1.54, 1.807) is 12.1 Å². The van der Waals surface area contributed by atoms with Crippen LogP contribution in [0.25, 0.3) is 0 Å². The number of ether oxygens (including phenoxy) is 1. The zero-order valence-electron chi connectivity index (χ0n) is 14.0. The molecule has 0 saturated carbocycles. The molecule has 24 heavy (non-hydrogen) atoms. The number of morpholine rings is 1. The standard InChI is InChI=1S/C17H23N3O3S/c1-11-8-20(9-12(2)23-11)6-5-18-17(22)13-3-4-15-14(7-13)19-16(21)10-24-15/h3-4,7,11-12H,5-6,8-10H2,1-2H3,(H,18,22)(H,19,21)/t11-,12-/m1/s1. The minimum absolute atomic E-state index is 0.0272. The minimum Gasteiger partial charge on any atom is -0.373 e. The van der Waals surface area contributed by atoms with E-state index in [2.05, 4.69) is 29.4 Å². The van der Waals surface area contributed by atoms with E-state index in [1.807, 2.05) is 6.07 Å². The second kappa shape index (κ2) is 7.55. The van der Waals surface area contributed by atoms with Gasteiger partial charge in [-0.15, -0.1) is 11.8 Å². The van der Waals surface area contributed by atoms with Gasteiger partial charge in [-0.05, 0) is 32.0 Å². The number of benzene rings is 1. The third-order valence-corrected chi connectivity index (χ3v) is 5.16. The van der Waals surface area contributed by atoms with Gasteiger partial charge in [0.15, 0.2) is 0 Å². The Bertz CT molecular complexity index is 628. The maximum atomic E-state index is 12.3. The van der Waals surface area contributed by atoms with Gasteiger partial charge in [0.05, 0.1) is 23.6 Å². The number of carbonyl (C=O) groups excluding carboxylic acids is 2. The average molecular weight is 349 g/mol. The van der Waals surface area contributed by atoms with Crippen LogP contribution in [0.1, 0.15) is 24.2 Å². The number of anilines is 1. The topological polar surface area (TPSA) is 70.7 Å². The molecule has 1 aromatic carbocycles. The van der Waals surface area contributed by atoms with Crippen molar-refractivity contribution in [3.63, 3.8) is 0 Å². The number of nitrogens with zero attached hydrogens (tertiary/aromatic N) is 1. The Morgan fingerprint density at radius 1 is 1.38 bits per heavy atom. The summed E-state index contributed by atoms with van der Waals surface area (Å²) in [6, 6.07) is 5.44. The summed E-state index contributed by atoms with van der Waals surface area (Å²) in [5.41, 5.74) is 1.29. The first-order valence-electron chi connectivity index (χ1n) is 8.24. The average Bonchev–Trinajstić information content (AvgIpc) is 2.53. The van der Waals surface area contributed by atoms with Gasteiger partial charge in [-0.2, -0.15) is 0 Å². The Hall–Kier alpha value is -1.57. The van der Waals surface area contributed by atoms with Crippen LogP contribution in [0.3, 0.4) is 0 Å². The van der Waals surface area contributed by atoms with Crippen molar-refractivity contribution in [1.29, 1.82) is 0 Å². The normalized spacial score (nSPS) is 24.2. The predicted molar refractivity (Wildman–Crippen MR) is 94.6 cm³/mol. The lowest BCUT2D eigenvalue weighted by atomic mass is 10.2. The molecule has 1 saturated heterocycles. The number of nitrogens with one attached hydrogen (secondary N) is 2. The fourth-order valence-electron chi connectivity index (χ4n) is 3.12. The zero-order valence-corrected chi connectivity index (χ0v) is 14.8. The molecule has 2 aliphatic heterocycles. The van der Waals surface area contributed by atoms with Gasteiger partial charge in [0.2, 0.25) is 5.91 Å². The quantitative estimate of drug-likeness (QED) is 0.863. The maximum Gasteiger partial charge on any atom is 0.251 e. The molecule has 2 aliphatic rings. The third kappa shape index (κ3) is 4.28. The van der Waals surface area contributed by atoms with E-state index in [0.29, 0.717) is 17.9 Å². The highest BCUT2D eigenvalue weighted by atomic mass is 32.2. The third-order valence-electron chi connectivity index (χ3n) is 4.08. The largest absolute Gasteiger partial charge is 0.373 e. The number of rotatable bonds is 4. The van der Waals surface area contributed by atoms with Crippen molar-refractivity contribution in [2.75, 3.05) is 37.2 Å². The summed E-state index contributed by atoms with van der Waals surface area (Å²) in [4.78, 5) is 27.1. The Labute approximate surface area is 146 Å². The molecule has 2 heterocycles. The highest BCUT2D eigenvalue weighted by Gasteiger charge is 2.22. The lowest BCUT2D eigenvalue weighted by Crippen LogP contribution is -2.47. The first kappa shape index (κ1) is 17.3. The van der Waals surface area contributed by atoms with Crippen LogP contribution in [0, 0.1) is 0 Å². The predicted octanol–water partition coefficient (Wildman–Crippen LogP) is 1.57. The Morgan fingerprint density at radius 2 is 2.12 bits per heavy atom. The lowest BCUT2D eigenvalue weighted by Gasteiger charge is -2.35.